The fourth-order valence-electron chi connectivity index (χ4n) is 4.43. The Kier molecular flexibility index (Phi) is 6.86. The van der Waals surface area contributed by atoms with E-state index < -0.39 is 33.0 Å². The molecule has 2 aromatic heterocycles. The van der Waals surface area contributed by atoms with Crippen molar-refractivity contribution in [3.63, 3.8) is 0 Å². The number of benzene rings is 1. The highest BCUT2D eigenvalue weighted by atomic mass is 32.2. The average Bonchev–Trinajstić information content (AvgIpc) is 3.46. The topological polar surface area (TPSA) is 95.2 Å². The Balaban J connectivity index is 1.76. The molecule has 1 atom stereocenters. The molecule has 0 saturated heterocycles. The smallest absolute Gasteiger partial charge is 0.353 e. The summed E-state index contributed by atoms with van der Waals surface area (Å²) >= 11 is 0. The number of aromatic nitrogens is 2. The van der Waals surface area contributed by atoms with Gasteiger partial charge in [-0.25, -0.2) is 12.8 Å². The lowest BCUT2D eigenvalue weighted by Gasteiger charge is -2.24. The van der Waals surface area contributed by atoms with Gasteiger partial charge < -0.3 is 9.88 Å². The number of pyridine rings is 1. The Morgan fingerprint density at radius 3 is 2.47 bits per heavy atom. The highest BCUT2D eigenvalue weighted by Gasteiger charge is 2.39. The molecule has 2 N–H and O–H groups in total. The molecule has 194 valence electrons. The molecule has 1 aromatic carbocycles. The number of aromatic amines is 1. The highest BCUT2D eigenvalue weighted by molar-refractivity contribution is 7.89. The minimum Gasteiger partial charge on any atom is -0.353 e. The molecule has 1 amide bonds. The van der Waals surface area contributed by atoms with Gasteiger partial charge in [-0.1, -0.05) is 12.8 Å². The number of sulfonamides is 1. The Hall–Kier alpha value is -2.99. The number of fused-ring (bicyclic) bond motifs is 1. The number of halogens is 4. The summed E-state index contributed by atoms with van der Waals surface area (Å²) in [6.07, 6.45) is -0.0837. The molecule has 4 rings (SSSR count). The number of amides is 1. The van der Waals surface area contributed by atoms with Crippen molar-refractivity contribution in [3.8, 4) is 11.4 Å². The molecular weight excluding hydrogens is 500 g/mol. The van der Waals surface area contributed by atoms with Crippen LogP contribution in [0.15, 0.2) is 35.4 Å². The Labute approximate surface area is 206 Å². The van der Waals surface area contributed by atoms with Gasteiger partial charge in [-0.05, 0) is 56.5 Å². The summed E-state index contributed by atoms with van der Waals surface area (Å²) in [5.74, 6) is -0.810. The van der Waals surface area contributed by atoms with Crippen molar-refractivity contribution in [1.29, 1.82) is 0 Å². The third kappa shape index (κ3) is 4.96. The SMILES string of the molecule is Cc1cc2[nH]c(-c3ccc(S(=O)(=O)NC(C)C(F)(F)F)cn3)c(C(=O)N(C)C3CCCC3)c2cc1F. The van der Waals surface area contributed by atoms with Crippen molar-refractivity contribution in [2.45, 2.75) is 62.7 Å². The fourth-order valence-corrected chi connectivity index (χ4v) is 5.60. The molecule has 0 bridgehead atoms. The van der Waals surface area contributed by atoms with E-state index in [9.17, 15) is 30.8 Å². The van der Waals surface area contributed by atoms with Crippen molar-refractivity contribution in [1.82, 2.24) is 19.6 Å². The number of nitrogens with zero attached hydrogens (tertiary/aromatic N) is 2. The molecule has 0 spiro atoms. The quantitative estimate of drug-likeness (QED) is 0.446. The lowest BCUT2D eigenvalue weighted by molar-refractivity contribution is -0.147. The van der Waals surface area contributed by atoms with Crippen LogP contribution in [0.5, 0.6) is 0 Å². The number of carbonyl (C=O) groups is 1. The second kappa shape index (κ2) is 9.47. The number of nitrogens with one attached hydrogen (secondary N) is 2. The zero-order chi connectivity index (χ0) is 26.4. The van der Waals surface area contributed by atoms with Crippen molar-refractivity contribution < 1.29 is 30.8 Å². The predicted octanol–water partition coefficient (Wildman–Crippen LogP) is 4.92. The molecule has 7 nitrogen and oxygen atoms in total. The van der Waals surface area contributed by atoms with Crippen molar-refractivity contribution in [2.75, 3.05) is 7.05 Å². The maximum Gasteiger partial charge on any atom is 0.404 e. The van der Waals surface area contributed by atoms with Gasteiger partial charge in [-0.2, -0.15) is 17.9 Å². The molecule has 0 aliphatic heterocycles. The van der Waals surface area contributed by atoms with Gasteiger partial charge in [0.15, 0.2) is 0 Å². The molecule has 1 saturated carbocycles. The van der Waals surface area contributed by atoms with Crippen LogP contribution in [0.3, 0.4) is 0 Å². The van der Waals surface area contributed by atoms with E-state index in [1.165, 1.54) is 12.1 Å². The summed E-state index contributed by atoms with van der Waals surface area (Å²) in [7, 11) is -2.80. The van der Waals surface area contributed by atoms with Gasteiger partial charge in [-0.3, -0.25) is 9.78 Å². The van der Waals surface area contributed by atoms with E-state index in [1.807, 2.05) is 0 Å². The zero-order valence-corrected chi connectivity index (χ0v) is 20.7. The summed E-state index contributed by atoms with van der Waals surface area (Å²) in [5.41, 5.74) is 1.54. The lowest BCUT2D eigenvalue weighted by atomic mass is 10.0. The van der Waals surface area contributed by atoms with E-state index in [4.69, 9.17) is 0 Å². The Morgan fingerprint density at radius 1 is 1.22 bits per heavy atom. The third-order valence-electron chi connectivity index (χ3n) is 6.61. The molecule has 1 aliphatic rings. The first-order valence-corrected chi connectivity index (χ1v) is 12.9. The van der Waals surface area contributed by atoms with Crippen molar-refractivity contribution in [3.05, 3.63) is 47.4 Å². The van der Waals surface area contributed by atoms with Crippen LogP contribution in [0.2, 0.25) is 0 Å². The van der Waals surface area contributed by atoms with Crippen molar-refractivity contribution in [2.24, 2.45) is 0 Å². The monoisotopic (exact) mass is 526 g/mol. The van der Waals surface area contributed by atoms with Crippen LogP contribution in [0, 0.1) is 12.7 Å². The van der Waals surface area contributed by atoms with Crippen molar-refractivity contribution >= 4 is 26.8 Å². The number of carbonyl (C=O) groups excluding carboxylic acids is 1. The molecular formula is C24H26F4N4O3S. The first kappa shape index (κ1) is 26.1. The molecule has 3 aromatic rings. The van der Waals surface area contributed by atoms with Gasteiger partial charge in [0, 0.05) is 30.2 Å². The van der Waals surface area contributed by atoms with E-state index in [2.05, 4.69) is 9.97 Å². The minimum absolute atomic E-state index is 0.0489. The lowest BCUT2D eigenvalue weighted by Crippen LogP contribution is -2.42. The van der Waals surface area contributed by atoms with Gasteiger partial charge in [0.1, 0.15) is 16.8 Å². The standard InChI is InChI=1S/C24H26F4N4O3S/c1-13-10-20-17(11-18(13)25)21(23(33)32(3)15-6-4-5-7-15)22(30-20)19-9-8-16(12-29-19)36(34,35)31-14(2)24(26,27)28/h8-12,14-15,30-31H,4-7H2,1-3H3. The molecule has 2 heterocycles. The molecule has 36 heavy (non-hydrogen) atoms. The Morgan fingerprint density at radius 2 is 1.89 bits per heavy atom. The summed E-state index contributed by atoms with van der Waals surface area (Å²) in [6.45, 7) is 2.29. The largest absolute Gasteiger partial charge is 0.404 e. The molecule has 0 radical (unpaired) electrons. The molecule has 1 fully saturated rings. The normalized spacial score (nSPS) is 16.0. The van der Waals surface area contributed by atoms with Gasteiger partial charge in [0.25, 0.3) is 5.91 Å². The van der Waals surface area contributed by atoms with Gasteiger partial charge in [-0.15, -0.1) is 0 Å². The molecule has 1 aliphatic carbocycles. The van der Waals surface area contributed by atoms with Crippen LogP contribution in [0.1, 0.15) is 48.5 Å². The maximum absolute atomic E-state index is 14.5. The van der Waals surface area contributed by atoms with Crippen LogP contribution in [0.4, 0.5) is 17.6 Å². The van der Waals surface area contributed by atoms with E-state index >= 15 is 0 Å². The minimum atomic E-state index is -4.75. The fraction of sp³-hybridized carbons (Fsp3) is 0.417. The van der Waals surface area contributed by atoms with Gasteiger partial charge >= 0.3 is 6.18 Å². The van der Waals surface area contributed by atoms with Crippen LogP contribution >= 0.6 is 0 Å². The number of rotatable bonds is 6. The second-order valence-corrected chi connectivity index (χ2v) is 10.9. The maximum atomic E-state index is 14.5. The summed E-state index contributed by atoms with van der Waals surface area (Å²) in [5, 5.41) is 0.363. The van der Waals surface area contributed by atoms with Gasteiger partial charge in [0.05, 0.1) is 17.0 Å². The van der Waals surface area contributed by atoms with Gasteiger partial charge in [0.2, 0.25) is 10.0 Å². The number of alkyl halides is 3. The molecule has 1 unspecified atom stereocenters. The van der Waals surface area contributed by atoms with E-state index in [0.717, 1.165) is 37.9 Å². The Bertz CT molecular complexity index is 1400. The van der Waals surface area contributed by atoms with Crippen LogP contribution in [-0.4, -0.2) is 54.5 Å². The van der Waals surface area contributed by atoms with E-state index in [1.54, 1.807) is 29.7 Å². The summed E-state index contributed by atoms with van der Waals surface area (Å²) in [6, 6.07) is 3.02. The van der Waals surface area contributed by atoms with E-state index in [0.29, 0.717) is 23.4 Å². The first-order chi connectivity index (χ1) is 16.8. The number of hydrogen-bond donors (Lipinski definition) is 2. The summed E-state index contributed by atoms with van der Waals surface area (Å²) < 4.78 is 79.3. The number of aryl methyl sites for hydroxylation is 1. The van der Waals surface area contributed by atoms with Crippen LogP contribution in [0.25, 0.3) is 22.3 Å². The number of hydrogen-bond acceptors (Lipinski definition) is 4. The van der Waals surface area contributed by atoms with E-state index in [-0.39, 0.29) is 28.9 Å². The zero-order valence-electron chi connectivity index (χ0n) is 19.9. The van der Waals surface area contributed by atoms with Crippen LogP contribution in [-0.2, 0) is 10.0 Å². The predicted molar refractivity (Wildman–Crippen MR) is 126 cm³/mol. The first-order valence-electron chi connectivity index (χ1n) is 11.4. The summed E-state index contributed by atoms with van der Waals surface area (Å²) in [4.78, 5) is 22.0. The molecule has 12 heteroatoms. The van der Waals surface area contributed by atoms with Crippen LogP contribution < -0.4 is 4.72 Å². The third-order valence-corrected chi connectivity index (χ3v) is 8.14. The second-order valence-electron chi connectivity index (χ2n) is 9.14. The highest BCUT2D eigenvalue weighted by Crippen LogP contribution is 2.34. The average molecular weight is 527 g/mol. The number of H-pyrrole nitrogens is 1.